The molecular formula is C14H19BrO2S. The molecule has 18 heavy (non-hydrogen) atoms. The number of ether oxygens (including phenoxy) is 1. The van der Waals surface area contributed by atoms with E-state index < -0.39 is 0 Å². The average molecular weight is 331 g/mol. The number of Topliss-reactive ketones (excluding diaryl/α,β-unsaturated/α-hetero) is 1. The Kier molecular flexibility index (Phi) is 6.79. The van der Waals surface area contributed by atoms with Crippen LogP contribution in [-0.2, 0) is 11.2 Å². The standard InChI is InChI=1S/C14H19BrO2S/c1-10(2)8-18-9-12(16)6-11-7-13(17-3)4-5-14(11)15/h4-5,7,10H,6,8-9H2,1-3H3. The lowest BCUT2D eigenvalue weighted by Gasteiger charge is -2.07. The highest BCUT2D eigenvalue weighted by molar-refractivity contribution is 9.10. The van der Waals surface area contributed by atoms with Crippen LogP contribution in [0.4, 0.5) is 0 Å². The first kappa shape index (κ1) is 15.6. The number of benzene rings is 1. The molecule has 4 heteroatoms. The first-order valence-electron chi connectivity index (χ1n) is 5.94. The maximum atomic E-state index is 11.9. The van der Waals surface area contributed by atoms with E-state index in [0.717, 1.165) is 21.5 Å². The molecule has 0 fully saturated rings. The van der Waals surface area contributed by atoms with E-state index in [1.165, 1.54) is 0 Å². The van der Waals surface area contributed by atoms with Gasteiger partial charge in [-0.25, -0.2) is 0 Å². The highest BCUT2D eigenvalue weighted by Gasteiger charge is 2.09. The Morgan fingerprint density at radius 3 is 2.78 bits per heavy atom. The van der Waals surface area contributed by atoms with Crippen LogP contribution < -0.4 is 4.74 Å². The second-order valence-corrected chi connectivity index (χ2v) is 6.47. The van der Waals surface area contributed by atoms with Gasteiger partial charge in [-0.15, -0.1) is 0 Å². The number of hydrogen-bond acceptors (Lipinski definition) is 3. The van der Waals surface area contributed by atoms with Crippen molar-refractivity contribution in [2.24, 2.45) is 5.92 Å². The van der Waals surface area contributed by atoms with E-state index in [1.807, 2.05) is 18.2 Å². The van der Waals surface area contributed by atoms with Crippen LogP contribution in [0, 0.1) is 5.92 Å². The molecule has 0 aliphatic rings. The molecule has 0 saturated carbocycles. The lowest BCUT2D eigenvalue weighted by Crippen LogP contribution is -2.08. The number of ketones is 1. The normalized spacial score (nSPS) is 10.7. The average Bonchev–Trinajstić information content (AvgIpc) is 2.31. The Bertz CT molecular complexity index is 405. The van der Waals surface area contributed by atoms with Gasteiger partial charge < -0.3 is 4.74 Å². The predicted octanol–water partition coefficient (Wildman–Crippen LogP) is 3.96. The quantitative estimate of drug-likeness (QED) is 0.756. The van der Waals surface area contributed by atoms with Crippen LogP contribution in [0.1, 0.15) is 19.4 Å². The van der Waals surface area contributed by atoms with E-state index >= 15 is 0 Å². The van der Waals surface area contributed by atoms with Gasteiger partial charge in [-0.3, -0.25) is 4.79 Å². The molecule has 0 aromatic heterocycles. The van der Waals surface area contributed by atoms with Gasteiger partial charge in [0.15, 0.2) is 0 Å². The van der Waals surface area contributed by atoms with E-state index in [4.69, 9.17) is 4.74 Å². The molecule has 0 aliphatic carbocycles. The van der Waals surface area contributed by atoms with E-state index in [2.05, 4.69) is 29.8 Å². The van der Waals surface area contributed by atoms with Gasteiger partial charge in [-0.05, 0) is 35.4 Å². The van der Waals surface area contributed by atoms with Gasteiger partial charge in [-0.2, -0.15) is 11.8 Å². The van der Waals surface area contributed by atoms with E-state index in [9.17, 15) is 4.79 Å². The van der Waals surface area contributed by atoms with Crippen molar-refractivity contribution in [3.8, 4) is 5.75 Å². The molecule has 0 radical (unpaired) electrons. The summed E-state index contributed by atoms with van der Waals surface area (Å²) in [5.74, 6) is 3.30. The predicted molar refractivity (Wildman–Crippen MR) is 81.6 cm³/mol. The number of hydrogen-bond donors (Lipinski definition) is 0. The molecule has 0 heterocycles. The van der Waals surface area contributed by atoms with Crippen LogP contribution in [0.2, 0.25) is 0 Å². The third kappa shape index (κ3) is 5.44. The molecule has 0 bridgehead atoms. The van der Waals surface area contributed by atoms with Crippen molar-refractivity contribution in [1.82, 2.24) is 0 Å². The van der Waals surface area contributed by atoms with Crippen molar-refractivity contribution in [3.05, 3.63) is 28.2 Å². The summed E-state index contributed by atoms with van der Waals surface area (Å²) < 4.78 is 6.13. The fourth-order valence-electron chi connectivity index (χ4n) is 1.49. The highest BCUT2D eigenvalue weighted by atomic mass is 79.9. The van der Waals surface area contributed by atoms with Crippen molar-refractivity contribution >= 4 is 33.5 Å². The van der Waals surface area contributed by atoms with Crippen LogP contribution in [0.25, 0.3) is 0 Å². The van der Waals surface area contributed by atoms with Gasteiger partial charge in [-0.1, -0.05) is 29.8 Å². The number of rotatable bonds is 7. The second kappa shape index (κ2) is 7.85. The highest BCUT2D eigenvalue weighted by Crippen LogP contribution is 2.23. The molecule has 1 aromatic rings. The number of halogens is 1. The molecule has 1 aromatic carbocycles. The summed E-state index contributed by atoms with van der Waals surface area (Å²) in [5, 5.41) is 0. The van der Waals surface area contributed by atoms with Crippen molar-refractivity contribution < 1.29 is 9.53 Å². The third-order valence-corrected chi connectivity index (χ3v) is 4.56. The maximum Gasteiger partial charge on any atom is 0.147 e. The Labute approximate surface area is 122 Å². The van der Waals surface area contributed by atoms with Gasteiger partial charge in [0.05, 0.1) is 12.9 Å². The molecular weight excluding hydrogens is 312 g/mol. The minimum Gasteiger partial charge on any atom is -0.497 e. The molecule has 0 unspecified atom stereocenters. The molecule has 2 nitrogen and oxygen atoms in total. The van der Waals surface area contributed by atoms with Crippen LogP contribution in [0.3, 0.4) is 0 Å². The Morgan fingerprint density at radius 1 is 1.44 bits per heavy atom. The van der Waals surface area contributed by atoms with Crippen LogP contribution in [0.15, 0.2) is 22.7 Å². The number of carbonyl (C=O) groups excluding carboxylic acids is 1. The summed E-state index contributed by atoms with van der Waals surface area (Å²) in [6.07, 6.45) is 0.461. The minimum atomic E-state index is 0.259. The SMILES string of the molecule is COc1ccc(Br)c(CC(=O)CSCC(C)C)c1. The molecule has 0 saturated heterocycles. The monoisotopic (exact) mass is 330 g/mol. The zero-order valence-electron chi connectivity index (χ0n) is 11.0. The number of methoxy groups -OCH3 is 1. The summed E-state index contributed by atoms with van der Waals surface area (Å²) in [6, 6.07) is 5.71. The second-order valence-electron chi connectivity index (χ2n) is 4.58. The van der Waals surface area contributed by atoms with Crippen LogP contribution in [0.5, 0.6) is 5.75 Å². The Morgan fingerprint density at radius 2 is 2.17 bits per heavy atom. The molecule has 0 atom stereocenters. The van der Waals surface area contributed by atoms with Gasteiger partial charge in [0.25, 0.3) is 0 Å². The summed E-state index contributed by atoms with van der Waals surface area (Å²) in [5.41, 5.74) is 0.990. The topological polar surface area (TPSA) is 26.3 Å². The van der Waals surface area contributed by atoms with Crippen molar-refractivity contribution in [1.29, 1.82) is 0 Å². The first-order chi connectivity index (χ1) is 8.52. The zero-order chi connectivity index (χ0) is 13.5. The fourth-order valence-corrected chi connectivity index (χ4v) is 2.79. The number of thioether (sulfide) groups is 1. The number of carbonyl (C=O) groups is 1. The molecule has 1 rings (SSSR count). The van der Waals surface area contributed by atoms with Crippen molar-refractivity contribution in [2.75, 3.05) is 18.6 Å². The van der Waals surface area contributed by atoms with Gasteiger partial charge in [0.1, 0.15) is 11.5 Å². The van der Waals surface area contributed by atoms with Crippen LogP contribution >= 0.6 is 27.7 Å². The molecule has 100 valence electrons. The maximum absolute atomic E-state index is 11.9. The first-order valence-corrected chi connectivity index (χ1v) is 7.89. The van der Waals surface area contributed by atoms with Crippen molar-refractivity contribution in [3.63, 3.8) is 0 Å². The largest absolute Gasteiger partial charge is 0.497 e. The van der Waals surface area contributed by atoms with Crippen LogP contribution in [-0.4, -0.2) is 24.4 Å². The molecule has 0 amide bonds. The summed E-state index contributed by atoms with van der Waals surface area (Å²) in [6.45, 7) is 4.33. The lowest BCUT2D eigenvalue weighted by molar-refractivity contribution is -0.116. The van der Waals surface area contributed by atoms with E-state index in [0.29, 0.717) is 18.1 Å². The van der Waals surface area contributed by atoms with E-state index in [-0.39, 0.29) is 5.78 Å². The Balaban J connectivity index is 2.53. The minimum absolute atomic E-state index is 0.259. The van der Waals surface area contributed by atoms with Gasteiger partial charge in [0.2, 0.25) is 0 Å². The van der Waals surface area contributed by atoms with E-state index in [1.54, 1.807) is 18.9 Å². The molecule has 0 N–H and O–H groups in total. The smallest absolute Gasteiger partial charge is 0.147 e. The fraction of sp³-hybridized carbons (Fsp3) is 0.500. The van der Waals surface area contributed by atoms with Gasteiger partial charge >= 0.3 is 0 Å². The summed E-state index contributed by atoms with van der Waals surface area (Å²) >= 11 is 5.17. The van der Waals surface area contributed by atoms with Gasteiger partial charge in [0, 0.05) is 10.9 Å². The summed E-state index contributed by atoms with van der Waals surface area (Å²) in [7, 11) is 1.63. The molecule has 0 spiro atoms. The van der Waals surface area contributed by atoms with Crippen molar-refractivity contribution in [2.45, 2.75) is 20.3 Å². The lowest BCUT2D eigenvalue weighted by atomic mass is 10.1. The summed E-state index contributed by atoms with van der Waals surface area (Å²) in [4.78, 5) is 11.9. The Hall–Kier alpha value is -0.480. The molecule has 0 aliphatic heterocycles. The zero-order valence-corrected chi connectivity index (χ0v) is 13.4. The third-order valence-electron chi connectivity index (χ3n) is 2.35.